The van der Waals surface area contributed by atoms with Crippen molar-refractivity contribution in [3.05, 3.63) is 35.4 Å². The minimum absolute atomic E-state index is 0.0178. The van der Waals surface area contributed by atoms with Crippen LogP contribution in [0.5, 0.6) is 0 Å². The average Bonchev–Trinajstić information content (AvgIpc) is 2.15. The number of carboxylic acids is 1. The largest absolute Gasteiger partial charge is 0.478 e. The fourth-order valence-electron chi connectivity index (χ4n) is 1.28. The zero-order chi connectivity index (χ0) is 12.3. The van der Waals surface area contributed by atoms with Gasteiger partial charge < -0.3 is 10.4 Å². The van der Waals surface area contributed by atoms with E-state index in [4.69, 9.17) is 5.11 Å². The number of nitrogens with one attached hydrogen (secondary N) is 1. The molecule has 0 spiro atoms. The standard InChI is InChI=1S/C12H15NO3/c1-12(2,3)13-10(14)8-6-4-5-7-9(8)11(15)16/h4-7H,1-3H3,(H,13,14)(H,15,16). The van der Waals surface area contributed by atoms with Crippen molar-refractivity contribution in [3.8, 4) is 0 Å². The van der Waals surface area contributed by atoms with Gasteiger partial charge in [0.25, 0.3) is 5.91 Å². The second kappa shape index (κ2) is 4.35. The number of carbonyl (C=O) groups is 2. The van der Waals surface area contributed by atoms with Crippen molar-refractivity contribution in [1.82, 2.24) is 5.32 Å². The highest BCUT2D eigenvalue weighted by molar-refractivity contribution is 6.04. The average molecular weight is 221 g/mol. The molecular weight excluding hydrogens is 206 g/mol. The summed E-state index contributed by atoms with van der Waals surface area (Å²) < 4.78 is 0. The van der Waals surface area contributed by atoms with E-state index in [1.165, 1.54) is 12.1 Å². The molecule has 1 amide bonds. The fraction of sp³-hybridized carbons (Fsp3) is 0.333. The lowest BCUT2D eigenvalue weighted by molar-refractivity contribution is 0.0689. The monoisotopic (exact) mass is 221 g/mol. The van der Waals surface area contributed by atoms with Crippen molar-refractivity contribution in [2.75, 3.05) is 0 Å². The van der Waals surface area contributed by atoms with Gasteiger partial charge in [0.15, 0.2) is 0 Å². The van der Waals surface area contributed by atoms with E-state index < -0.39 is 5.97 Å². The van der Waals surface area contributed by atoms with Gasteiger partial charge in [0.1, 0.15) is 0 Å². The van der Waals surface area contributed by atoms with Gasteiger partial charge in [-0.15, -0.1) is 0 Å². The van der Waals surface area contributed by atoms with E-state index in [9.17, 15) is 9.59 Å². The number of rotatable bonds is 2. The van der Waals surface area contributed by atoms with Crippen molar-refractivity contribution in [2.45, 2.75) is 26.3 Å². The van der Waals surface area contributed by atoms with Crippen LogP contribution >= 0.6 is 0 Å². The van der Waals surface area contributed by atoms with E-state index in [1.807, 2.05) is 20.8 Å². The van der Waals surface area contributed by atoms with E-state index in [0.717, 1.165) is 0 Å². The minimum Gasteiger partial charge on any atom is -0.478 e. The SMILES string of the molecule is CC(C)(C)NC(=O)c1ccccc1C(=O)O. The minimum atomic E-state index is -1.10. The van der Waals surface area contributed by atoms with Crippen molar-refractivity contribution in [2.24, 2.45) is 0 Å². The molecule has 0 aliphatic rings. The van der Waals surface area contributed by atoms with Crippen LogP contribution in [0.4, 0.5) is 0 Å². The lowest BCUT2D eigenvalue weighted by Gasteiger charge is -2.21. The second-order valence-electron chi connectivity index (χ2n) is 4.55. The third-order valence-electron chi connectivity index (χ3n) is 1.89. The van der Waals surface area contributed by atoms with Gasteiger partial charge in [-0.05, 0) is 32.9 Å². The number of benzene rings is 1. The molecule has 0 aliphatic heterocycles. The van der Waals surface area contributed by atoms with Crippen LogP contribution < -0.4 is 5.32 Å². The smallest absolute Gasteiger partial charge is 0.336 e. The number of aromatic carboxylic acids is 1. The van der Waals surface area contributed by atoms with Crippen LogP contribution in [0.3, 0.4) is 0 Å². The second-order valence-corrected chi connectivity index (χ2v) is 4.55. The molecule has 1 rings (SSSR count). The summed E-state index contributed by atoms with van der Waals surface area (Å²) in [6, 6.07) is 6.16. The maximum atomic E-state index is 11.8. The molecule has 0 heterocycles. The van der Waals surface area contributed by atoms with Crippen molar-refractivity contribution < 1.29 is 14.7 Å². The summed E-state index contributed by atoms with van der Waals surface area (Å²) in [6.07, 6.45) is 0. The molecule has 0 saturated heterocycles. The first-order chi connectivity index (χ1) is 7.31. The molecule has 4 heteroatoms. The van der Waals surface area contributed by atoms with Crippen molar-refractivity contribution in [3.63, 3.8) is 0 Å². The third kappa shape index (κ3) is 3.08. The Bertz CT molecular complexity index is 419. The Morgan fingerprint density at radius 3 is 2.06 bits per heavy atom. The van der Waals surface area contributed by atoms with E-state index in [-0.39, 0.29) is 22.6 Å². The summed E-state index contributed by atoms with van der Waals surface area (Å²) in [7, 11) is 0. The van der Waals surface area contributed by atoms with Crippen LogP contribution in [0.25, 0.3) is 0 Å². The van der Waals surface area contributed by atoms with Crippen LogP contribution in [-0.4, -0.2) is 22.5 Å². The lowest BCUT2D eigenvalue weighted by atomic mass is 10.0. The zero-order valence-electron chi connectivity index (χ0n) is 9.57. The summed E-state index contributed by atoms with van der Waals surface area (Å²) >= 11 is 0. The zero-order valence-corrected chi connectivity index (χ0v) is 9.57. The predicted octanol–water partition coefficient (Wildman–Crippen LogP) is 1.91. The van der Waals surface area contributed by atoms with Gasteiger partial charge in [0.2, 0.25) is 0 Å². The molecular formula is C12H15NO3. The summed E-state index contributed by atoms with van der Waals surface area (Å²) in [4.78, 5) is 22.7. The molecule has 0 unspecified atom stereocenters. The Balaban J connectivity index is 3.04. The Morgan fingerprint density at radius 1 is 1.12 bits per heavy atom. The molecule has 86 valence electrons. The molecule has 0 atom stereocenters. The fourth-order valence-corrected chi connectivity index (χ4v) is 1.28. The number of carbonyl (C=O) groups excluding carboxylic acids is 1. The first-order valence-corrected chi connectivity index (χ1v) is 4.96. The predicted molar refractivity (Wildman–Crippen MR) is 60.6 cm³/mol. The third-order valence-corrected chi connectivity index (χ3v) is 1.89. The van der Waals surface area contributed by atoms with Crippen LogP contribution in [0, 0.1) is 0 Å². The quantitative estimate of drug-likeness (QED) is 0.801. The van der Waals surface area contributed by atoms with Crippen LogP contribution in [0.1, 0.15) is 41.5 Å². The summed E-state index contributed by atoms with van der Waals surface area (Å²) in [5.74, 6) is -1.47. The Kier molecular flexibility index (Phi) is 3.32. The maximum Gasteiger partial charge on any atom is 0.336 e. The molecule has 16 heavy (non-hydrogen) atoms. The molecule has 0 fully saturated rings. The van der Waals surface area contributed by atoms with Crippen molar-refractivity contribution >= 4 is 11.9 Å². The van der Waals surface area contributed by atoms with E-state index in [2.05, 4.69) is 5.32 Å². The van der Waals surface area contributed by atoms with E-state index in [0.29, 0.717) is 0 Å². The summed E-state index contributed by atoms with van der Waals surface area (Å²) in [5.41, 5.74) is -0.183. The normalized spacial score (nSPS) is 10.9. The Hall–Kier alpha value is -1.84. The Labute approximate surface area is 94.3 Å². The number of amides is 1. The van der Waals surface area contributed by atoms with Gasteiger partial charge in [-0.25, -0.2) is 4.79 Å². The summed E-state index contributed by atoms with van der Waals surface area (Å²) in [6.45, 7) is 5.52. The molecule has 0 aromatic heterocycles. The van der Waals surface area contributed by atoms with Gasteiger partial charge in [-0.1, -0.05) is 12.1 Å². The van der Waals surface area contributed by atoms with Gasteiger partial charge in [-0.2, -0.15) is 0 Å². The highest BCUT2D eigenvalue weighted by Crippen LogP contribution is 2.10. The van der Waals surface area contributed by atoms with Crippen LogP contribution in [0.15, 0.2) is 24.3 Å². The van der Waals surface area contributed by atoms with E-state index in [1.54, 1.807) is 12.1 Å². The maximum absolute atomic E-state index is 11.8. The number of hydrogen-bond acceptors (Lipinski definition) is 2. The summed E-state index contributed by atoms with van der Waals surface area (Å²) in [5, 5.41) is 11.7. The number of hydrogen-bond donors (Lipinski definition) is 2. The van der Waals surface area contributed by atoms with E-state index >= 15 is 0 Å². The van der Waals surface area contributed by atoms with Gasteiger partial charge in [-0.3, -0.25) is 4.79 Å². The highest BCUT2D eigenvalue weighted by atomic mass is 16.4. The molecule has 2 N–H and O–H groups in total. The molecule has 0 saturated carbocycles. The number of carboxylic acid groups (broad SMARTS) is 1. The van der Waals surface area contributed by atoms with Crippen LogP contribution in [0.2, 0.25) is 0 Å². The van der Waals surface area contributed by atoms with Gasteiger partial charge in [0, 0.05) is 5.54 Å². The topological polar surface area (TPSA) is 66.4 Å². The highest BCUT2D eigenvalue weighted by Gasteiger charge is 2.19. The molecule has 0 bridgehead atoms. The molecule has 0 aliphatic carbocycles. The molecule has 1 aromatic carbocycles. The van der Waals surface area contributed by atoms with Gasteiger partial charge >= 0.3 is 5.97 Å². The molecule has 4 nitrogen and oxygen atoms in total. The van der Waals surface area contributed by atoms with Gasteiger partial charge in [0.05, 0.1) is 11.1 Å². The first kappa shape index (κ1) is 12.2. The first-order valence-electron chi connectivity index (χ1n) is 4.96. The van der Waals surface area contributed by atoms with Crippen molar-refractivity contribution in [1.29, 1.82) is 0 Å². The molecule has 1 aromatic rings. The van der Waals surface area contributed by atoms with Crippen LogP contribution in [-0.2, 0) is 0 Å². The molecule has 0 radical (unpaired) electrons. The lowest BCUT2D eigenvalue weighted by Crippen LogP contribution is -2.41. The Morgan fingerprint density at radius 2 is 1.62 bits per heavy atom.